The Morgan fingerprint density at radius 1 is 1.40 bits per heavy atom. The second-order valence-corrected chi connectivity index (χ2v) is 3.87. The fourth-order valence-electron chi connectivity index (χ4n) is 1.63. The Hall–Kier alpha value is -1.48. The van der Waals surface area contributed by atoms with E-state index in [0.29, 0.717) is 4.99 Å². The van der Waals surface area contributed by atoms with E-state index in [-0.39, 0.29) is 0 Å². The lowest BCUT2D eigenvalue weighted by Gasteiger charge is -2.05. The van der Waals surface area contributed by atoms with Crippen LogP contribution in [0.25, 0.3) is 10.8 Å². The van der Waals surface area contributed by atoms with Crippen molar-refractivity contribution in [3.63, 3.8) is 0 Å². The molecule has 0 aliphatic heterocycles. The van der Waals surface area contributed by atoms with E-state index in [0.717, 1.165) is 22.9 Å². The summed E-state index contributed by atoms with van der Waals surface area (Å²) in [5.41, 5.74) is 7.63. The van der Waals surface area contributed by atoms with Gasteiger partial charge in [-0.15, -0.1) is 0 Å². The lowest BCUT2D eigenvalue weighted by Crippen LogP contribution is -2.11. The molecular weight excluding hydrogens is 204 g/mol. The largest absolute Gasteiger partial charge is 0.388 e. The Morgan fingerprint density at radius 3 is 2.87 bits per heavy atom. The molecule has 0 bridgehead atoms. The number of fused-ring (bicyclic) bond motifs is 1. The molecule has 0 amide bonds. The third-order valence-electron chi connectivity index (χ3n) is 2.47. The number of nitrogens with two attached hydrogens (primary N) is 1. The molecule has 2 nitrogen and oxygen atoms in total. The van der Waals surface area contributed by atoms with Gasteiger partial charge < -0.3 is 5.73 Å². The van der Waals surface area contributed by atoms with Crippen LogP contribution in [0.1, 0.15) is 18.2 Å². The maximum atomic E-state index is 5.64. The zero-order valence-corrected chi connectivity index (χ0v) is 9.34. The number of hydrogen-bond donors (Lipinski definition) is 1. The predicted molar refractivity (Wildman–Crippen MR) is 67.0 cm³/mol. The first-order chi connectivity index (χ1) is 7.22. The topological polar surface area (TPSA) is 38.9 Å². The summed E-state index contributed by atoms with van der Waals surface area (Å²) < 4.78 is 0. The Kier molecular flexibility index (Phi) is 2.64. The molecule has 0 aliphatic rings. The second-order valence-electron chi connectivity index (χ2n) is 3.43. The summed E-state index contributed by atoms with van der Waals surface area (Å²) in [4.78, 5) is 4.57. The normalized spacial score (nSPS) is 10.5. The van der Waals surface area contributed by atoms with Crippen molar-refractivity contribution in [1.29, 1.82) is 0 Å². The first-order valence-electron chi connectivity index (χ1n) is 4.90. The summed E-state index contributed by atoms with van der Waals surface area (Å²) >= 11 is 4.98. The molecule has 0 aliphatic carbocycles. The highest BCUT2D eigenvalue weighted by Crippen LogP contribution is 2.18. The molecule has 0 saturated carbocycles. The third-order valence-corrected chi connectivity index (χ3v) is 2.67. The number of pyridine rings is 1. The minimum absolute atomic E-state index is 0.355. The summed E-state index contributed by atoms with van der Waals surface area (Å²) in [5, 5.41) is 2.18. The van der Waals surface area contributed by atoms with Gasteiger partial charge in [0.25, 0.3) is 0 Å². The maximum Gasteiger partial charge on any atom is 0.123 e. The quantitative estimate of drug-likeness (QED) is 0.784. The van der Waals surface area contributed by atoms with Gasteiger partial charge in [-0.2, -0.15) is 0 Å². The Morgan fingerprint density at radius 2 is 2.20 bits per heavy atom. The van der Waals surface area contributed by atoms with E-state index in [2.05, 4.69) is 30.1 Å². The molecule has 1 aromatic carbocycles. The van der Waals surface area contributed by atoms with Gasteiger partial charge in [-0.3, -0.25) is 4.98 Å². The number of aryl methyl sites for hydroxylation is 1. The lowest BCUT2D eigenvalue weighted by molar-refractivity contribution is 1.14. The van der Waals surface area contributed by atoms with Crippen LogP contribution in [0.4, 0.5) is 0 Å². The van der Waals surface area contributed by atoms with Gasteiger partial charge in [-0.05, 0) is 29.5 Å². The van der Waals surface area contributed by atoms with Crippen LogP contribution in [0.5, 0.6) is 0 Å². The van der Waals surface area contributed by atoms with Crippen molar-refractivity contribution in [2.45, 2.75) is 13.3 Å². The van der Waals surface area contributed by atoms with Crippen molar-refractivity contribution in [2.75, 3.05) is 0 Å². The Labute approximate surface area is 94.1 Å². The minimum atomic E-state index is 0.355. The van der Waals surface area contributed by atoms with Gasteiger partial charge in [0.05, 0.1) is 0 Å². The predicted octanol–water partition coefficient (Wildman–Crippen LogP) is 2.43. The van der Waals surface area contributed by atoms with Crippen molar-refractivity contribution < 1.29 is 0 Å². The third kappa shape index (κ3) is 1.83. The summed E-state index contributed by atoms with van der Waals surface area (Å²) in [6.45, 7) is 2.12. The van der Waals surface area contributed by atoms with Crippen molar-refractivity contribution in [2.24, 2.45) is 5.73 Å². The lowest BCUT2D eigenvalue weighted by atomic mass is 10.0. The van der Waals surface area contributed by atoms with Gasteiger partial charge in [0.2, 0.25) is 0 Å². The average molecular weight is 216 g/mol. The van der Waals surface area contributed by atoms with Crippen LogP contribution in [-0.2, 0) is 6.42 Å². The fourth-order valence-corrected chi connectivity index (χ4v) is 1.79. The fraction of sp³-hybridized carbons (Fsp3) is 0.167. The molecule has 0 atom stereocenters. The summed E-state index contributed by atoms with van der Waals surface area (Å²) in [6.07, 6.45) is 2.74. The SMILES string of the molecule is CCc1ccc2ccnc(C(N)=S)c2c1. The van der Waals surface area contributed by atoms with E-state index in [1.807, 2.05) is 6.07 Å². The average Bonchev–Trinajstić information content (AvgIpc) is 2.27. The zero-order chi connectivity index (χ0) is 10.8. The summed E-state index contributed by atoms with van der Waals surface area (Å²) in [5.74, 6) is 0. The molecule has 1 heterocycles. The molecule has 0 fully saturated rings. The van der Waals surface area contributed by atoms with Crippen LogP contribution in [0, 0.1) is 0 Å². The number of nitrogens with zero attached hydrogens (tertiary/aromatic N) is 1. The summed E-state index contributed by atoms with van der Waals surface area (Å²) in [7, 11) is 0. The molecule has 1 aromatic heterocycles. The molecule has 0 radical (unpaired) electrons. The number of aromatic nitrogens is 1. The van der Waals surface area contributed by atoms with Crippen LogP contribution >= 0.6 is 12.2 Å². The summed E-state index contributed by atoms with van der Waals surface area (Å²) in [6, 6.07) is 8.27. The van der Waals surface area contributed by atoms with Crippen LogP contribution in [-0.4, -0.2) is 9.97 Å². The van der Waals surface area contributed by atoms with Gasteiger partial charge in [0.15, 0.2) is 0 Å². The highest BCUT2D eigenvalue weighted by atomic mass is 32.1. The van der Waals surface area contributed by atoms with Crippen molar-refractivity contribution in [1.82, 2.24) is 4.98 Å². The molecule has 2 rings (SSSR count). The monoisotopic (exact) mass is 216 g/mol. The Balaban J connectivity index is 2.76. The van der Waals surface area contributed by atoms with Crippen LogP contribution in [0.15, 0.2) is 30.5 Å². The van der Waals surface area contributed by atoms with Crippen molar-refractivity contribution in [3.8, 4) is 0 Å². The van der Waals surface area contributed by atoms with Crippen LogP contribution in [0.2, 0.25) is 0 Å². The van der Waals surface area contributed by atoms with E-state index in [1.54, 1.807) is 6.20 Å². The van der Waals surface area contributed by atoms with Gasteiger partial charge in [0, 0.05) is 11.6 Å². The van der Waals surface area contributed by atoms with Gasteiger partial charge in [-0.1, -0.05) is 31.3 Å². The molecular formula is C12H12N2S. The van der Waals surface area contributed by atoms with Gasteiger partial charge in [-0.25, -0.2) is 0 Å². The van der Waals surface area contributed by atoms with E-state index in [4.69, 9.17) is 18.0 Å². The van der Waals surface area contributed by atoms with Crippen molar-refractivity contribution >= 4 is 28.0 Å². The molecule has 15 heavy (non-hydrogen) atoms. The molecule has 0 saturated heterocycles. The van der Waals surface area contributed by atoms with E-state index >= 15 is 0 Å². The zero-order valence-electron chi connectivity index (χ0n) is 8.53. The first-order valence-corrected chi connectivity index (χ1v) is 5.30. The van der Waals surface area contributed by atoms with Crippen LogP contribution in [0.3, 0.4) is 0 Å². The van der Waals surface area contributed by atoms with Crippen molar-refractivity contribution in [3.05, 3.63) is 41.7 Å². The first kappa shape index (κ1) is 10.1. The second kappa shape index (κ2) is 3.95. The highest BCUT2D eigenvalue weighted by molar-refractivity contribution is 7.80. The van der Waals surface area contributed by atoms with Gasteiger partial charge >= 0.3 is 0 Å². The molecule has 76 valence electrons. The van der Waals surface area contributed by atoms with Gasteiger partial charge in [0.1, 0.15) is 10.7 Å². The van der Waals surface area contributed by atoms with Crippen LogP contribution < -0.4 is 5.73 Å². The molecule has 0 spiro atoms. The van der Waals surface area contributed by atoms with E-state index in [9.17, 15) is 0 Å². The molecule has 3 heteroatoms. The Bertz CT molecular complexity index is 520. The maximum absolute atomic E-state index is 5.64. The number of hydrogen-bond acceptors (Lipinski definition) is 2. The van der Waals surface area contributed by atoms with E-state index < -0.39 is 0 Å². The molecule has 2 aromatic rings. The minimum Gasteiger partial charge on any atom is -0.388 e. The smallest absolute Gasteiger partial charge is 0.123 e. The molecule has 0 unspecified atom stereocenters. The number of rotatable bonds is 2. The van der Waals surface area contributed by atoms with E-state index in [1.165, 1.54) is 5.56 Å². The highest BCUT2D eigenvalue weighted by Gasteiger charge is 2.04. The molecule has 2 N–H and O–H groups in total. The number of benzene rings is 1. The standard InChI is InChI=1S/C12H12N2S/c1-2-8-3-4-9-5-6-14-11(12(13)15)10(9)7-8/h3-7H,2H2,1H3,(H2,13,15). The number of thiocarbonyl (C=S) groups is 1.